The van der Waals surface area contributed by atoms with E-state index in [-0.39, 0.29) is 12.3 Å². The van der Waals surface area contributed by atoms with Crippen molar-refractivity contribution in [3.8, 4) is 29.1 Å². The number of anilines is 1. The van der Waals surface area contributed by atoms with E-state index in [1.165, 1.54) is 0 Å². The summed E-state index contributed by atoms with van der Waals surface area (Å²) in [7, 11) is 1.71. The molecule has 186 valence electrons. The maximum Gasteiger partial charge on any atom is 0.270 e. The Morgan fingerprint density at radius 2 is 1.92 bits per heavy atom. The Labute approximate surface area is 210 Å². The molecule has 1 aliphatic heterocycles. The molecule has 1 aliphatic rings. The Morgan fingerprint density at radius 3 is 2.64 bits per heavy atom. The number of aliphatic hydroxyl groups is 2. The fourth-order valence-corrected chi connectivity index (χ4v) is 3.69. The molecule has 2 heterocycles. The number of aromatic nitrogens is 1. The highest BCUT2D eigenvalue weighted by atomic mass is 16.5. The standard InChI is InChI=1S/C28H29N3O5/c1-18-14-21(36-20-8-6-5-7-9-20)16-22(29-18)26(32)30-23-17-35-25-11-10-19(12-13-28(2,3)34)15-24(25)31(4)27(23)33/h5-11,14-16,23,27,33-34H,17H2,1-4H3,(H,30,32)/t23-,27?/m0/s1. The Morgan fingerprint density at radius 1 is 1.17 bits per heavy atom. The van der Waals surface area contributed by atoms with Gasteiger partial charge in [-0.15, -0.1) is 0 Å². The molecule has 0 aliphatic carbocycles. The van der Waals surface area contributed by atoms with Gasteiger partial charge in [0.25, 0.3) is 5.91 Å². The summed E-state index contributed by atoms with van der Waals surface area (Å²) in [5.74, 6) is 6.93. The average Bonchev–Trinajstić information content (AvgIpc) is 2.94. The summed E-state index contributed by atoms with van der Waals surface area (Å²) in [5, 5.41) is 23.7. The van der Waals surface area contributed by atoms with Gasteiger partial charge in [0.1, 0.15) is 41.2 Å². The predicted octanol–water partition coefficient (Wildman–Crippen LogP) is 3.25. The zero-order valence-electron chi connectivity index (χ0n) is 20.6. The summed E-state index contributed by atoms with van der Waals surface area (Å²) >= 11 is 0. The number of aliphatic hydroxyl groups excluding tert-OH is 1. The smallest absolute Gasteiger partial charge is 0.270 e. The number of hydrogen-bond acceptors (Lipinski definition) is 7. The molecule has 0 spiro atoms. The van der Waals surface area contributed by atoms with E-state index in [0.717, 1.165) is 0 Å². The van der Waals surface area contributed by atoms with Crippen LogP contribution in [0.2, 0.25) is 0 Å². The SMILES string of the molecule is Cc1cc(Oc2ccccc2)cc(C(=O)N[C@H]2COc3ccc(C#CC(C)(C)O)cc3N(C)C2O)n1. The number of ether oxygens (including phenoxy) is 2. The number of carbonyl (C=O) groups excluding carboxylic acids is 1. The zero-order valence-corrected chi connectivity index (χ0v) is 20.6. The van der Waals surface area contributed by atoms with Gasteiger partial charge in [-0.3, -0.25) is 4.79 Å². The molecule has 0 saturated heterocycles. The van der Waals surface area contributed by atoms with Crippen molar-refractivity contribution in [2.24, 2.45) is 0 Å². The molecule has 0 saturated carbocycles. The van der Waals surface area contributed by atoms with Gasteiger partial charge in [-0.2, -0.15) is 0 Å². The van der Waals surface area contributed by atoms with Crippen molar-refractivity contribution in [2.45, 2.75) is 38.6 Å². The van der Waals surface area contributed by atoms with Crippen LogP contribution in [0.25, 0.3) is 0 Å². The lowest BCUT2D eigenvalue weighted by Gasteiger charge is -2.29. The van der Waals surface area contributed by atoms with Crippen LogP contribution in [-0.2, 0) is 0 Å². The molecule has 3 aromatic rings. The molecule has 0 radical (unpaired) electrons. The van der Waals surface area contributed by atoms with Crippen LogP contribution in [0, 0.1) is 18.8 Å². The molecule has 1 amide bonds. The van der Waals surface area contributed by atoms with E-state index >= 15 is 0 Å². The highest BCUT2D eigenvalue weighted by Gasteiger charge is 2.31. The molecule has 0 bridgehead atoms. The number of para-hydroxylation sites is 1. The zero-order chi connectivity index (χ0) is 25.9. The van der Waals surface area contributed by atoms with Crippen LogP contribution in [0.1, 0.15) is 35.6 Å². The third-order valence-electron chi connectivity index (χ3n) is 5.48. The lowest BCUT2D eigenvalue weighted by molar-refractivity contribution is 0.0767. The van der Waals surface area contributed by atoms with E-state index in [9.17, 15) is 15.0 Å². The monoisotopic (exact) mass is 487 g/mol. The second-order valence-electron chi connectivity index (χ2n) is 9.15. The Bertz CT molecular complexity index is 1310. The molecule has 2 atom stereocenters. The first-order chi connectivity index (χ1) is 17.1. The molecule has 0 fully saturated rings. The van der Waals surface area contributed by atoms with Gasteiger partial charge in [-0.25, -0.2) is 4.98 Å². The maximum atomic E-state index is 13.1. The fraction of sp³-hybridized carbons (Fsp3) is 0.286. The van der Waals surface area contributed by atoms with Gasteiger partial charge in [0, 0.05) is 30.4 Å². The van der Waals surface area contributed by atoms with Crippen molar-refractivity contribution < 1.29 is 24.5 Å². The van der Waals surface area contributed by atoms with Gasteiger partial charge in [0.15, 0.2) is 6.23 Å². The van der Waals surface area contributed by atoms with Crippen LogP contribution >= 0.6 is 0 Å². The number of amides is 1. The first kappa shape index (κ1) is 25.0. The van der Waals surface area contributed by atoms with E-state index < -0.39 is 23.8 Å². The van der Waals surface area contributed by atoms with Gasteiger partial charge >= 0.3 is 0 Å². The van der Waals surface area contributed by atoms with Crippen molar-refractivity contribution in [2.75, 3.05) is 18.6 Å². The molecule has 3 N–H and O–H groups in total. The van der Waals surface area contributed by atoms with Crippen molar-refractivity contribution in [3.63, 3.8) is 0 Å². The summed E-state index contributed by atoms with van der Waals surface area (Å²) in [6, 6.07) is 17.1. The van der Waals surface area contributed by atoms with Gasteiger partial charge in [0.2, 0.25) is 0 Å². The van der Waals surface area contributed by atoms with Gasteiger partial charge < -0.3 is 29.9 Å². The first-order valence-electron chi connectivity index (χ1n) is 11.5. The average molecular weight is 488 g/mol. The second-order valence-corrected chi connectivity index (χ2v) is 9.15. The van der Waals surface area contributed by atoms with E-state index in [1.54, 1.807) is 63.1 Å². The topological polar surface area (TPSA) is 104 Å². The molecule has 1 unspecified atom stereocenters. The summed E-state index contributed by atoms with van der Waals surface area (Å²) in [6.07, 6.45) is -1.07. The quantitative estimate of drug-likeness (QED) is 0.486. The first-order valence-corrected chi connectivity index (χ1v) is 11.5. The van der Waals surface area contributed by atoms with Gasteiger partial charge in [0.05, 0.1) is 5.69 Å². The summed E-state index contributed by atoms with van der Waals surface area (Å²) in [4.78, 5) is 19.0. The number of likely N-dealkylation sites (N-methyl/N-ethyl adjacent to an activating group) is 1. The molecule has 2 aromatic carbocycles. The van der Waals surface area contributed by atoms with Crippen LogP contribution in [0.4, 0.5) is 5.69 Å². The van der Waals surface area contributed by atoms with E-state index in [1.807, 2.05) is 30.3 Å². The minimum absolute atomic E-state index is 0.0537. The van der Waals surface area contributed by atoms with E-state index in [4.69, 9.17) is 9.47 Å². The van der Waals surface area contributed by atoms with Crippen LogP contribution in [0.15, 0.2) is 60.7 Å². The van der Waals surface area contributed by atoms with Crippen molar-refractivity contribution in [3.05, 3.63) is 77.6 Å². The summed E-state index contributed by atoms with van der Waals surface area (Å²) < 4.78 is 11.8. The van der Waals surface area contributed by atoms with Gasteiger partial charge in [-0.1, -0.05) is 30.0 Å². The third-order valence-corrected chi connectivity index (χ3v) is 5.48. The number of nitrogens with zero attached hydrogens (tertiary/aromatic N) is 2. The van der Waals surface area contributed by atoms with Crippen LogP contribution in [0.5, 0.6) is 17.2 Å². The number of hydrogen-bond donors (Lipinski definition) is 3. The lowest BCUT2D eigenvalue weighted by Crippen LogP contribution is -2.52. The molecular formula is C28H29N3O5. The minimum Gasteiger partial charge on any atom is -0.489 e. The Kier molecular flexibility index (Phi) is 7.15. The second kappa shape index (κ2) is 10.3. The van der Waals surface area contributed by atoms with Crippen LogP contribution < -0.4 is 19.7 Å². The number of rotatable bonds is 4. The lowest BCUT2D eigenvalue weighted by atomic mass is 10.1. The molecule has 1 aromatic heterocycles. The summed E-state index contributed by atoms with van der Waals surface area (Å²) in [6.45, 7) is 5.05. The number of carbonyl (C=O) groups is 1. The molecule has 36 heavy (non-hydrogen) atoms. The highest BCUT2D eigenvalue weighted by Crippen LogP contribution is 2.33. The summed E-state index contributed by atoms with van der Waals surface area (Å²) in [5.41, 5.74) is 0.946. The number of aryl methyl sites for hydroxylation is 1. The number of benzene rings is 2. The maximum absolute atomic E-state index is 13.1. The largest absolute Gasteiger partial charge is 0.489 e. The molecular weight excluding hydrogens is 458 g/mol. The van der Waals surface area contributed by atoms with Crippen molar-refractivity contribution >= 4 is 11.6 Å². The van der Waals surface area contributed by atoms with E-state index in [0.29, 0.717) is 34.2 Å². The Hall–Kier alpha value is -4.06. The van der Waals surface area contributed by atoms with Crippen LogP contribution in [0.3, 0.4) is 0 Å². The number of pyridine rings is 1. The van der Waals surface area contributed by atoms with E-state index in [2.05, 4.69) is 22.1 Å². The van der Waals surface area contributed by atoms with Crippen molar-refractivity contribution in [1.82, 2.24) is 10.3 Å². The van der Waals surface area contributed by atoms with Gasteiger partial charge in [-0.05, 0) is 51.1 Å². The molecule has 8 heteroatoms. The minimum atomic E-state index is -1.13. The van der Waals surface area contributed by atoms with Crippen LogP contribution in [-0.4, -0.2) is 52.6 Å². The molecule has 8 nitrogen and oxygen atoms in total. The Balaban J connectivity index is 1.51. The van der Waals surface area contributed by atoms with Crippen molar-refractivity contribution in [1.29, 1.82) is 0 Å². The predicted molar refractivity (Wildman–Crippen MR) is 136 cm³/mol. The number of fused-ring (bicyclic) bond motifs is 1. The normalized spacial score (nSPS) is 17.1. The highest BCUT2D eigenvalue weighted by molar-refractivity contribution is 5.93. The molecule has 4 rings (SSSR count). The number of nitrogens with one attached hydrogen (secondary N) is 1. The third kappa shape index (κ3) is 6.13. The fourth-order valence-electron chi connectivity index (χ4n) is 3.69.